The second-order valence-corrected chi connectivity index (χ2v) is 7.84. The van der Waals surface area contributed by atoms with Crippen LogP contribution < -0.4 is 0 Å². The molecule has 0 aliphatic carbocycles. The Hall–Kier alpha value is -0.570. The number of fused-ring (bicyclic) bond motifs is 1. The van der Waals surface area contributed by atoms with Gasteiger partial charge in [-0.2, -0.15) is 0 Å². The molecule has 0 unspecified atom stereocenters. The van der Waals surface area contributed by atoms with Crippen LogP contribution in [0.1, 0.15) is 38.7 Å². The summed E-state index contributed by atoms with van der Waals surface area (Å²) in [7, 11) is 0. The minimum Gasteiger partial charge on any atom is -0.303 e. The van der Waals surface area contributed by atoms with Crippen LogP contribution in [0.25, 0.3) is 10.1 Å². The van der Waals surface area contributed by atoms with Crippen LogP contribution in [0.2, 0.25) is 0 Å². The lowest BCUT2D eigenvalue weighted by atomic mass is 9.84. The summed E-state index contributed by atoms with van der Waals surface area (Å²) >= 11 is 1.85. The van der Waals surface area contributed by atoms with Crippen molar-refractivity contribution in [3.8, 4) is 0 Å². The van der Waals surface area contributed by atoms with Gasteiger partial charge in [-0.15, -0.1) is 23.7 Å². The quantitative estimate of drug-likeness (QED) is 0.730. The van der Waals surface area contributed by atoms with Crippen LogP contribution in [0, 0.1) is 5.41 Å². The van der Waals surface area contributed by atoms with E-state index in [4.69, 9.17) is 0 Å². The van der Waals surface area contributed by atoms with E-state index in [0.717, 1.165) is 0 Å². The number of hydrogen-bond donors (Lipinski definition) is 0. The van der Waals surface area contributed by atoms with E-state index >= 15 is 0 Å². The first-order valence-corrected chi connectivity index (χ1v) is 8.69. The molecular weight excluding hydrogens is 298 g/mol. The Morgan fingerprint density at radius 3 is 2.90 bits per heavy atom. The molecule has 0 atom stereocenters. The fraction of sp³-hybridized carbons (Fsp3) is 0.556. The van der Waals surface area contributed by atoms with Gasteiger partial charge in [-0.1, -0.05) is 26.0 Å². The first-order chi connectivity index (χ1) is 9.64. The predicted molar refractivity (Wildman–Crippen MR) is 96.8 cm³/mol. The summed E-state index contributed by atoms with van der Waals surface area (Å²) in [6.07, 6.45) is 5.25. The van der Waals surface area contributed by atoms with E-state index in [-0.39, 0.29) is 12.4 Å². The maximum Gasteiger partial charge on any atom is 0.0345 e. The number of hydrogen-bond acceptors (Lipinski definition) is 2. The Bertz CT molecular complexity index is 575. The highest BCUT2D eigenvalue weighted by atomic mass is 35.5. The molecule has 0 radical (unpaired) electrons. The smallest absolute Gasteiger partial charge is 0.0345 e. The van der Waals surface area contributed by atoms with Crippen molar-refractivity contribution >= 4 is 33.8 Å². The van der Waals surface area contributed by atoms with Crippen LogP contribution >= 0.6 is 23.7 Å². The number of piperidine rings is 1. The molecule has 1 saturated heterocycles. The lowest BCUT2D eigenvalue weighted by Crippen LogP contribution is -2.40. The molecule has 2 heterocycles. The SMILES string of the molecule is CC1(C)CCCN(CCCc2cccc3sccc23)C1.Cl. The van der Waals surface area contributed by atoms with Crippen molar-refractivity contribution in [2.24, 2.45) is 5.41 Å². The van der Waals surface area contributed by atoms with Crippen LogP contribution in [-0.2, 0) is 6.42 Å². The molecule has 0 amide bonds. The first-order valence-electron chi connectivity index (χ1n) is 7.82. The van der Waals surface area contributed by atoms with Gasteiger partial charge in [-0.3, -0.25) is 0 Å². The molecule has 2 aromatic rings. The third-order valence-electron chi connectivity index (χ3n) is 4.49. The molecule has 0 N–H and O–H groups in total. The van der Waals surface area contributed by atoms with Crippen LogP contribution in [0.5, 0.6) is 0 Å². The number of benzene rings is 1. The zero-order valence-electron chi connectivity index (χ0n) is 13.1. The minimum absolute atomic E-state index is 0. The highest BCUT2D eigenvalue weighted by Crippen LogP contribution is 2.29. The summed E-state index contributed by atoms with van der Waals surface area (Å²) in [5.74, 6) is 0. The fourth-order valence-electron chi connectivity index (χ4n) is 3.50. The van der Waals surface area contributed by atoms with Gasteiger partial charge in [0.15, 0.2) is 0 Å². The maximum absolute atomic E-state index is 2.66. The van der Waals surface area contributed by atoms with Crippen LogP contribution in [0.15, 0.2) is 29.6 Å². The van der Waals surface area contributed by atoms with Crippen molar-refractivity contribution < 1.29 is 0 Å². The topological polar surface area (TPSA) is 3.24 Å². The predicted octanol–water partition coefficient (Wildman–Crippen LogP) is 5.38. The van der Waals surface area contributed by atoms with Crippen LogP contribution in [-0.4, -0.2) is 24.5 Å². The van der Waals surface area contributed by atoms with Crippen molar-refractivity contribution in [1.82, 2.24) is 4.90 Å². The van der Waals surface area contributed by atoms with Gasteiger partial charge in [-0.05, 0) is 72.7 Å². The summed E-state index contributed by atoms with van der Waals surface area (Å²) in [6, 6.07) is 9.02. The monoisotopic (exact) mass is 323 g/mol. The lowest BCUT2D eigenvalue weighted by Gasteiger charge is -2.38. The Labute approximate surface area is 138 Å². The molecule has 1 aliphatic heterocycles. The number of nitrogens with zero attached hydrogens (tertiary/aromatic N) is 1. The Morgan fingerprint density at radius 2 is 2.10 bits per heavy atom. The zero-order chi connectivity index (χ0) is 14.0. The lowest BCUT2D eigenvalue weighted by molar-refractivity contribution is 0.117. The molecule has 1 aliphatic rings. The normalized spacial score (nSPS) is 18.6. The standard InChI is InChI=1S/C18H25NS.ClH/c1-18(2)10-5-12-19(14-18)11-4-7-15-6-3-8-17-16(15)9-13-20-17;/h3,6,8-9,13H,4-5,7,10-12,14H2,1-2H3;1H. The average Bonchev–Trinajstić information content (AvgIpc) is 2.87. The highest BCUT2D eigenvalue weighted by molar-refractivity contribution is 7.17. The van der Waals surface area contributed by atoms with E-state index in [1.807, 2.05) is 11.3 Å². The van der Waals surface area contributed by atoms with Gasteiger partial charge in [-0.25, -0.2) is 0 Å². The number of thiophene rings is 1. The number of rotatable bonds is 4. The average molecular weight is 324 g/mol. The van der Waals surface area contributed by atoms with E-state index < -0.39 is 0 Å². The third kappa shape index (κ3) is 4.21. The van der Waals surface area contributed by atoms with Gasteiger partial charge < -0.3 is 4.90 Å². The second kappa shape index (κ2) is 7.13. The van der Waals surface area contributed by atoms with Crippen LogP contribution in [0.3, 0.4) is 0 Å². The second-order valence-electron chi connectivity index (χ2n) is 6.90. The molecule has 3 heteroatoms. The molecule has 3 rings (SSSR count). The third-order valence-corrected chi connectivity index (χ3v) is 5.37. The van der Waals surface area contributed by atoms with E-state index in [1.54, 1.807) is 0 Å². The molecule has 0 saturated carbocycles. The molecule has 21 heavy (non-hydrogen) atoms. The van der Waals surface area contributed by atoms with Crippen molar-refractivity contribution in [3.05, 3.63) is 35.2 Å². The Morgan fingerprint density at radius 1 is 1.24 bits per heavy atom. The first kappa shape index (κ1) is 16.8. The van der Waals surface area contributed by atoms with E-state index in [0.29, 0.717) is 5.41 Å². The van der Waals surface area contributed by atoms with E-state index in [9.17, 15) is 0 Å². The van der Waals surface area contributed by atoms with Crippen molar-refractivity contribution in [3.63, 3.8) is 0 Å². The molecule has 0 spiro atoms. The molecule has 1 fully saturated rings. The summed E-state index contributed by atoms with van der Waals surface area (Å²) in [6.45, 7) is 8.64. The molecule has 1 aromatic heterocycles. The van der Waals surface area contributed by atoms with Crippen molar-refractivity contribution in [2.75, 3.05) is 19.6 Å². The van der Waals surface area contributed by atoms with Gasteiger partial charge in [0.1, 0.15) is 0 Å². The van der Waals surface area contributed by atoms with E-state index in [1.165, 1.54) is 61.0 Å². The molecular formula is C18H26ClNS. The summed E-state index contributed by atoms with van der Waals surface area (Å²) in [5.41, 5.74) is 2.05. The molecule has 1 aromatic carbocycles. The summed E-state index contributed by atoms with van der Waals surface area (Å²) in [5, 5.41) is 3.68. The van der Waals surface area contributed by atoms with Crippen LogP contribution in [0.4, 0.5) is 0 Å². The number of aryl methyl sites for hydroxylation is 1. The number of likely N-dealkylation sites (tertiary alicyclic amines) is 1. The van der Waals surface area contributed by atoms with Crippen molar-refractivity contribution in [2.45, 2.75) is 39.5 Å². The number of halogens is 1. The van der Waals surface area contributed by atoms with Gasteiger partial charge in [0.05, 0.1) is 0 Å². The largest absolute Gasteiger partial charge is 0.303 e. The van der Waals surface area contributed by atoms with E-state index in [2.05, 4.69) is 48.4 Å². The molecule has 1 nitrogen and oxygen atoms in total. The molecule has 0 bridgehead atoms. The maximum atomic E-state index is 2.66. The minimum atomic E-state index is 0. The van der Waals surface area contributed by atoms with Gasteiger partial charge in [0.2, 0.25) is 0 Å². The van der Waals surface area contributed by atoms with Gasteiger partial charge in [0, 0.05) is 11.2 Å². The summed E-state index contributed by atoms with van der Waals surface area (Å²) < 4.78 is 1.43. The zero-order valence-corrected chi connectivity index (χ0v) is 14.7. The highest BCUT2D eigenvalue weighted by Gasteiger charge is 2.25. The molecule has 116 valence electrons. The fourth-order valence-corrected chi connectivity index (χ4v) is 4.34. The van der Waals surface area contributed by atoms with Gasteiger partial charge >= 0.3 is 0 Å². The Kier molecular flexibility index (Phi) is 5.70. The van der Waals surface area contributed by atoms with Crippen molar-refractivity contribution in [1.29, 1.82) is 0 Å². The Balaban J connectivity index is 0.00000161. The van der Waals surface area contributed by atoms with Gasteiger partial charge in [0.25, 0.3) is 0 Å². The summed E-state index contributed by atoms with van der Waals surface area (Å²) in [4.78, 5) is 2.66.